The Morgan fingerprint density at radius 2 is 1.92 bits per heavy atom. The van der Waals surface area contributed by atoms with Crippen LogP contribution in [0, 0.1) is 12.3 Å². The smallest absolute Gasteiger partial charge is 0.244 e. The molecule has 0 saturated carbocycles. The van der Waals surface area contributed by atoms with E-state index >= 15 is 0 Å². The topological polar surface area (TPSA) is 91.4 Å². The number of nitrogens with one attached hydrogen (secondary N) is 2. The molecule has 1 fully saturated rings. The maximum atomic E-state index is 13.5. The fraction of sp³-hybridized carbons (Fsp3) is 0.355. The third kappa shape index (κ3) is 4.29. The van der Waals surface area contributed by atoms with Crippen LogP contribution >= 0.6 is 11.6 Å². The molecule has 0 radical (unpaired) electrons. The normalized spacial score (nSPS) is 23.0. The molecule has 2 aromatic carbocycles. The summed E-state index contributed by atoms with van der Waals surface area (Å²) in [6, 6.07) is 15.2. The van der Waals surface area contributed by atoms with Crippen molar-refractivity contribution >= 4 is 40.8 Å². The van der Waals surface area contributed by atoms with Gasteiger partial charge in [0.1, 0.15) is 12.4 Å². The predicted molar refractivity (Wildman–Crippen MR) is 151 cm³/mol. The van der Waals surface area contributed by atoms with Crippen LogP contribution in [0.25, 0.3) is 0 Å². The summed E-state index contributed by atoms with van der Waals surface area (Å²) in [7, 11) is 0. The van der Waals surface area contributed by atoms with Crippen molar-refractivity contribution in [3.05, 3.63) is 87.6 Å². The molecule has 1 aromatic heterocycles. The van der Waals surface area contributed by atoms with Gasteiger partial charge in [-0.1, -0.05) is 49.7 Å². The average molecular weight is 543 g/mol. The molecule has 2 aliphatic heterocycles. The van der Waals surface area contributed by atoms with Crippen molar-refractivity contribution in [1.82, 2.24) is 9.88 Å². The molecule has 8 heteroatoms. The molecular weight excluding hydrogens is 512 g/mol. The molecule has 3 aliphatic rings. The molecule has 200 valence electrons. The summed E-state index contributed by atoms with van der Waals surface area (Å²) < 4.78 is 0. The number of aromatic nitrogens is 1. The Kier molecular flexibility index (Phi) is 6.03. The molecule has 2 atom stereocenters. The molecule has 3 aromatic rings. The van der Waals surface area contributed by atoms with Crippen molar-refractivity contribution in [3.8, 4) is 0 Å². The number of fused-ring (bicyclic) bond motifs is 3. The second-order valence-electron chi connectivity index (χ2n) is 11.7. The highest BCUT2D eigenvalue weighted by molar-refractivity contribution is 6.31. The second kappa shape index (κ2) is 9.19. The van der Waals surface area contributed by atoms with Crippen LogP contribution in [0.5, 0.6) is 0 Å². The summed E-state index contributed by atoms with van der Waals surface area (Å²) in [6.45, 7) is 5.75. The third-order valence-corrected chi connectivity index (χ3v) is 9.02. The molecule has 2 unspecified atom stereocenters. The first-order valence-electron chi connectivity index (χ1n) is 13.3. The van der Waals surface area contributed by atoms with Gasteiger partial charge in [0, 0.05) is 27.9 Å². The van der Waals surface area contributed by atoms with Crippen molar-refractivity contribution in [1.29, 1.82) is 0 Å². The number of carbonyl (C=O) groups excluding carboxylic acids is 3. The van der Waals surface area contributed by atoms with E-state index in [9.17, 15) is 14.4 Å². The zero-order chi connectivity index (χ0) is 27.5. The molecule has 39 heavy (non-hydrogen) atoms. The number of likely N-dealkylation sites (tertiary alicyclic amines) is 1. The van der Waals surface area contributed by atoms with Gasteiger partial charge in [-0.15, -0.1) is 0 Å². The van der Waals surface area contributed by atoms with Crippen LogP contribution in [0.1, 0.15) is 60.5 Å². The summed E-state index contributed by atoms with van der Waals surface area (Å²) in [6.07, 6.45) is 4.31. The van der Waals surface area contributed by atoms with E-state index in [1.54, 1.807) is 11.1 Å². The first-order chi connectivity index (χ1) is 18.6. The van der Waals surface area contributed by atoms with Crippen molar-refractivity contribution in [2.45, 2.75) is 57.9 Å². The standard InChI is InChI=1S/C31H31ClN4O3/c1-18-6-7-19(14-24(18)32)25-10-11-30(2,3)29(39)36(25)17-26(37)34-22-9-8-20-15-31(16-21(20)13-22)23-5-4-12-33-27(23)35-28(31)38/h4-9,12-14,25H,10-11,15-17H2,1-3H3,(H,34,37)(H,33,35,38). The van der Waals surface area contributed by atoms with E-state index < -0.39 is 10.8 Å². The highest BCUT2D eigenvalue weighted by atomic mass is 35.5. The van der Waals surface area contributed by atoms with Gasteiger partial charge >= 0.3 is 0 Å². The number of rotatable bonds is 4. The Morgan fingerprint density at radius 3 is 2.72 bits per heavy atom. The molecule has 2 N–H and O–H groups in total. The molecule has 3 amide bonds. The monoisotopic (exact) mass is 542 g/mol. The summed E-state index contributed by atoms with van der Waals surface area (Å²) in [5.74, 6) is 0.292. The predicted octanol–water partition coefficient (Wildman–Crippen LogP) is 5.36. The van der Waals surface area contributed by atoms with Crippen LogP contribution in [-0.4, -0.2) is 34.2 Å². The van der Waals surface area contributed by atoms with Gasteiger partial charge in [0.15, 0.2) is 0 Å². The lowest BCUT2D eigenvalue weighted by Gasteiger charge is -2.43. The van der Waals surface area contributed by atoms with Gasteiger partial charge in [-0.2, -0.15) is 0 Å². The Balaban J connectivity index is 1.21. The minimum atomic E-state index is -0.664. The molecule has 1 saturated heterocycles. The zero-order valence-electron chi connectivity index (χ0n) is 22.3. The first kappa shape index (κ1) is 25.6. The lowest BCUT2D eigenvalue weighted by molar-refractivity contribution is -0.150. The maximum Gasteiger partial charge on any atom is 0.244 e. The lowest BCUT2D eigenvalue weighted by Crippen LogP contribution is -2.50. The van der Waals surface area contributed by atoms with Gasteiger partial charge in [0.2, 0.25) is 17.7 Å². The summed E-state index contributed by atoms with van der Waals surface area (Å²) in [5, 5.41) is 6.58. The summed E-state index contributed by atoms with van der Waals surface area (Å²) in [5.41, 5.74) is 4.40. The minimum Gasteiger partial charge on any atom is -0.326 e. The third-order valence-electron chi connectivity index (χ3n) is 8.62. The van der Waals surface area contributed by atoms with Gasteiger partial charge in [0.25, 0.3) is 0 Å². The van der Waals surface area contributed by atoms with Crippen LogP contribution < -0.4 is 10.6 Å². The largest absolute Gasteiger partial charge is 0.326 e. The number of anilines is 2. The van der Waals surface area contributed by atoms with Crippen molar-refractivity contribution in [3.63, 3.8) is 0 Å². The Bertz CT molecular complexity index is 1530. The lowest BCUT2D eigenvalue weighted by atomic mass is 9.78. The van der Waals surface area contributed by atoms with E-state index in [0.717, 1.165) is 40.7 Å². The SMILES string of the molecule is Cc1ccc(C2CCC(C)(C)C(=O)N2CC(=O)Nc2ccc3c(c2)CC2(C3)C(=O)Nc3ncccc32)cc1Cl. The van der Waals surface area contributed by atoms with Crippen LogP contribution in [-0.2, 0) is 32.6 Å². The van der Waals surface area contributed by atoms with E-state index in [0.29, 0.717) is 29.4 Å². The molecule has 3 heterocycles. The summed E-state index contributed by atoms with van der Waals surface area (Å²) in [4.78, 5) is 45.8. The molecule has 1 spiro atoms. The molecule has 6 rings (SSSR count). The van der Waals surface area contributed by atoms with Crippen LogP contribution in [0.15, 0.2) is 54.7 Å². The minimum absolute atomic E-state index is 0.0357. The van der Waals surface area contributed by atoms with Gasteiger partial charge in [-0.25, -0.2) is 4.98 Å². The molecule has 1 aliphatic carbocycles. The number of halogens is 1. The fourth-order valence-corrected chi connectivity index (χ4v) is 6.52. The van der Waals surface area contributed by atoms with Crippen molar-refractivity contribution in [2.24, 2.45) is 5.41 Å². The number of hydrogen-bond acceptors (Lipinski definition) is 4. The average Bonchev–Trinajstić information content (AvgIpc) is 3.41. The Labute approximate surface area is 233 Å². The fourth-order valence-electron chi connectivity index (χ4n) is 6.34. The number of amides is 3. The van der Waals surface area contributed by atoms with E-state index in [4.69, 9.17) is 11.6 Å². The number of hydrogen-bond donors (Lipinski definition) is 2. The van der Waals surface area contributed by atoms with Gasteiger partial charge < -0.3 is 15.5 Å². The van der Waals surface area contributed by atoms with Crippen LogP contribution in [0.2, 0.25) is 5.02 Å². The Hall–Kier alpha value is -3.71. The van der Waals surface area contributed by atoms with E-state index in [1.807, 2.05) is 69.3 Å². The maximum absolute atomic E-state index is 13.5. The number of carbonyl (C=O) groups is 3. The van der Waals surface area contributed by atoms with Crippen LogP contribution in [0.4, 0.5) is 11.5 Å². The number of nitrogens with zero attached hydrogens (tertiary/aromatic N) is 2. The number of pyridine rings is 1. The highest BCUT2D eigenvalue weighted by Crippen LogP contribution is 2.47. The van der Waals surface area contributed by atoms with E-state index in [1.165, 1.54) is 0 Å². The number of aryl methyl sites for hydroxylation is 1. The quantitative estimate of drug-likeness (QED) is 0.464. The van der Waals surface area contributed by atoms with Gasteiger partial charge in [-0.05, 0) is 79.1 Å². The molecule has 0 bridgehead atoms. The van der Waals surface area contributed by atoms with E-state index in [2.05, 4.69) is 15.6 Å². The number of benzene rings is 2. The second-order valence-corrected chi connectivity index (χ2v) is 12.1. The Morgan fingerprint density at radius 1 is 1.13 bits per heavy atom. The highest BCUT2D eigenvalue weighted by Gasteiger charge is 2.51. The van der Waals surface area contributed by atoms with Crippen LogP contribution in [0.3, 0.4) is 0 Å². The summed E-state index contributed by atoms with van der Waals surface area (Å²) >= 11 is 6.40. The molecular formula is C31H31ClN4O3. The van der Waals surface area contributed by atoms with E-state index in [-0.39, 0.29) is 30.3 Å². The first-order valence-corrected chi connectivity index (χ1v) is 13.7. The zero-order valence-corrected chi connectivity index (χ0v) is 23.1. The molecule has 7 nitrogen and oxygen atoms in total. The van der Waals surface area contributed by atoms with Gasteiger partial charge in [0.05, 0.1) is 11.5 Å². The number of piperidine rings is 1. The van der Waals surface area contributed by atoms with Crippen molar-refractivity contribution < 1.29 is 14.4 Å². The van der Waals surface area contributed by atoms with Crippen molar-refractivity contribution in [2.75, 3.05) is 17.2 Å². The van der Waals surface area contributed by atoms with Gasteiger partial charge in [-0.3, -0.25) is 14.4 Å².